The van der Waals surface area contributed by atoms with Crippen LogP contribution in [0.3, 0.4) is 0 Å². The van der Waals surface area contributed by atoms with Gasteiger partial charge in [-0.05, 0) is 29.8 Å². The largest absolute Gasteiger partial charge is 0.497 e. The molecule has 0 saturated heterocycles. The van der Waals surface area contributed by atoms with Crippen LogP contribution in [0.25, 0.3) is 0 Å². The fraction of sp³-hybridized carbons (Fsp3) is 0.235. The standard InChI is InChI=1S/C17H19NO2S/c1-13(19)18-17(14-6-4-3-5-7-14)12-21-16-10-8-15(20-2)9-11-16/h3-11,17H,12H2,1-2H3,(H,18,19). The number of hydrogen-bond acceptors (Lipinski definition) is 3. The Bertz CT molecular complexity index is 569. The number of ether oxygens (including phenoxy) is 1. The molecular weight excluding hydrogens is 282 g/mol. The van der Waals surface area contributed by atoms with Gasteiger partial charge in [-0.1, -0.05) is 30.3 Å². The molecular formula is C17H19NO2S. The zero-order valence-corrected chi connectivity index (χ0v) is 13.0. The summed E-state index contributed by atoms with van der Waals surface area (Å²) in [5, 5.41) is 3.00. The third-order valence-corrected chi connectivity index (χ3v) is 4.16. The highest BCUT2D eigenvalue weighted by Gasteiger charge is 2.12. The highest BCUT2D eigenvalue weighted by Crippen LogP contribution is 2.26. The molecule has 0 aliphatic rings. The SMILES string of the molecule is COc1ccc(SCC(NC(C)=O)c2ccccc2)cc1. The number of thioether (sulfide) groups is 1. The third kappa shape index (κ3) is 4.83. The average Bonchev–Trinajstić information content (AvgIpc) is 2.52. The Morgan fingerprint density at radius 3 is 2.38 bits per heavy atom. The van der Waals surface area contributed by atoms with Gasteiger partial charge in [-0.15, -0.1) is 11.8 Å². The zero-order valence-electron chi connectivity index (χ0n) is 12.2. The van der Waals surface area contributed by atoms with Crippen LogP contribution in [0.5, 0.6) is 5.75 Å². The molecule has 1 N–H and O–H groups in total. The normalized spacial score (nSPS) is 11.7. The number of hydrogen-bond donors (Lipinski definition) is 1. The molecule has 0 aliphatic heterocycles. The zero-order chi connectivity index (χ0) is 15.1. The molecule has 0 spiro atoms. The van der Waals surface area contributed by atoms with E-state index in [1.807, 2.05) is 54.6 Å². The number of rotatable bonds is 6. The Morgan fingerprint density at radius 1 is 1.14 bits per heavy atom. The Hall–Kier alpha value is -1.94. The van der Waals surface area contributed by atoms with E-state index in [0.717, 1.165) is 22.0 Å². The van der Waals surface area contributed by atoms with Gasteiger partial charge in [0.25, 0.3) is 0 Å². The van der Waals surface area contributed by atoms with Crippen LogP contribution < -0.4 is 10.1 Å². The quantitative estimate of drug-likeness (QED) is 0.827. The second kappa shape index (κ2) is 7.74. The fourth-order valence-corrected chi connectivity index (χ4v) is 2.97. The summed E-state index contributed by atoms with van der Waals surface area (Å²) in [6.45, 7) is 1.55. The summed E-state index contributed by atoms with van der Waals surface area (Å²) in [5.74, 6) is 1.62. The van der Waals surface area contributed by atoms with E-state index in [9.17, 15) is 4.79 Å². The topological polar surface area (TPSA) is 38.3 Å². The summed E-state index contributed by atoms with van der Waals surface area (Å²) in [6, 6.07) is 18.0. The van der Waals surface area contributed by atoms with E-state index in [1.54, 1.807) is 25.8 Å². The average molecular weight is 301 g/mol. The molecule has 0 heterocycles. The van der Waals surface area contributed by atoms with Crippen LogP contribution >= 0.6 is 11.8 Å². The lowest BCUT2D eigenvalue weighted by molar-refractivity contribution is -0.119. The number of nitrogens with one attached hydrogen (secondary N) is 1. The molecule has 2 rings (SSSR count). The van der Waals surface area contributed by atoms with Crippen LogP contribution in [0.15, 0.2) is 59.5 Å². The molecule has 21 heavy (non-hydrogen) atoms. The second-order valence-electron chi connectivity index (χ2n) is 4.65. The minimum absolute atomic E-state index is 0.0100. The van der Waals surface area contributed by atoms with Gasteiger partial charge in [0.1, 0.15) is 5.75 Å². The van der Waals surface area contributed by atoms with Gasteiger partial charge in [0.15, 0.2) is 0 Å². The van der Waals surface area contributed by atoms with Crippen LogP contribution in [0.1, 0.15) is 18.5 Å². The van der Waals surface area contributed by atoms with E-state index in [0.29, 0.717) is 0 Å². The molecule has 0 aromatic heterocycles. The van der Waals surface area contributed by atoms with E-state index in [1.165, 1.54) is 0 Å². The van der Waals surface area contributed by atoms with Gasteiger partial charge >= 0.3 is 0 Å². The van der Waals surface area contributed by atoms with Crippen molar-refractivity contribution in [3.05, 3.63) is 60.2 Å². The van der Waals surface area contributed by atoms with Gasteiger partial charge in [0.2, 0.25) is 5.91 Å². The maximum absolute atomic E-state index is 11.4. The van der Waals surface area contributed by atoms with Crippen molar-refractivity contribution in [2.75, 3.05) is 12.9 Å². The van der Waals surface area contributed by atoms with E-state index in [-0.39, 0.29) is 11.9 Å². The molecule has 0 saturated carbocycles. The number of amides is 1. The summed E-state index contributed by atoms with van der Waals surface area (Å²) in [6.07, 6.45) is 0. The first kappa shape index (κ1) is 15.4. The first-order chi connectivity index (χ1) is 10.2. The van der Waals surface area contributed by atoms with Crippen molar-refractivity contribution in [2.45, 2.75) is 17.9 Å². The summed E-state index contributed by atoms with van der Waals surface area (Å²) >= 11 is 1.71. The maximum Gasteiger partial charge on any atom is 0.217 e. The van der Waals surface area contributed by atoms with Gasteiger partial charge in [0.05, 0.1) is 13.2 Å². The predicted octanol–water partition coefficient (Wildman–Crippen LogP) is 3.66. The first-order valence-electron chi connectivity index (χ1n) is 6.78. The van der Waals surface area contributed by atoms with Crippen molar-refractivity contribution in [3.63, 3.8) is 0 Å². The van der Waals surface area contributed by atoms with E-state index in [4.69, 9.17) is 4.74 Å². The molecule has 0 aliphatic carbocycles. The second-order valence-corrected chi connectivity index (χ2v) is 5.74. The lowest BCUT2D eigenvalue weighted by Crippen LogP contribution is -2.27. The Labute approximate surface area is 129 Å². The summed E-state index contributed by atoms with van der Waals surface area (Å²) in [5.41, 5.74) is 1.12. The minimum atomic E-state index is -0.0146. The molecule has 110 valence electrons. The van der Waals surface area contributed by atoms with Gasteiger partial charge in [-0.3, -0.25) is 4.79 Å². The Morgan fingerprint density at radius 2 is 1.81 bits per heavy atom. The number of methoxy groups -OCH3 is 1. The molecule has 3 nitrogen and oxygen atoms in total. The molecule has 4 heteroatoms. The van der Waals surface area contributed by atoms with Crippen LogP contribution in [0.4, 0.5) is 0 Å². The van der Waals surface area contributed by atoms with Crippen LogP contribution in [0, 0.1) is 0 Å². The fourth-order valence-electron chi connectivity index (χ4n) is 2.00. The predicted molar refractivity (Wildman–Crippen MR) is 86.7 cm³/mol. The van der Waals surface area contributed by atoms with Gasteiger partial charge < -0.3 is 10.1 Å². The van der Waals surface area contributed by atoms with Gasteiger partial charge in [-0.25, -0.2) is 0 Å². The van der Waals surface area contributed by atoms with E-state index >= 15 is 0 Å². The third-order valence-electron chi connectivity index (χ3n) is 3.06. The van der Waals surface area contributed by atoms with Crippen LogP contribution in [-0.4, -0.2) is 18.8 Å². The molecule has 1 unspecified atom stereocenters. The number of carbonyl (C=O) groups is 1. The molecule has 0 radical (unpaired) electrons. The maximum atomic E-state index is 11.4. The van der Waals surface area contributed by atoms with Crippen LogP contribution in [0.2, 0.25) is 0 Å². The van der Waals surface area contributed by atoms with Gasteiger partial charge in [0, 0.05) is 17.6 Å². The highest BCUT2D eigenvalue weighted by atomic mass is 32.2. The van der Waals surface area contributed by atoms with Crippen molar-refractivity contribution in [3.8, 4) is 5.75 Å². The van der Waals surface area contributed by atoms with E-state index in [2.05, 4.69) is 5.32 Å². The minimum Gasteiger partial charge on any atom is -0.497 e. The Kier molecular flexibility index (Phi) is 5.69. The molecule has 2 aromatic rings. The van der Waals surface area contributed by atoms with Crippen molar-refractivity contribution in [1.29, 1.82) is 0 Å². The molecule has 1 amide bonds. The summed E-state index contributed by atoms with van der Waals surface area (Å²) in [7, 11) is 1.66. The van der Waals surface area contributed by atoms with E-state index < -0.39 is 0 Å². The summed E-state index contributed by atoms with van der Waals surface area (Å²) in [4.78, 5) is 12.5. The molecule has 0 fully saturated rings. The summed E-state index contributed by atoms with van der Waals surface area (Å²) < 4.78 is 5.15. The van der Waals surface area contributed by atoms with Crippen molar-refractivity contribution in [2.24, 2.45) is 0 Å². The molecule has 1 atom stereocenters. The lowest BCUT2D eigenvalue weighted by atomic mass is 10.1. The number of benzene rings is 2. The van der Waals surface area contributed by atoms with Crippen LogP contribution in [-0.2, 0) is 4.79 Å². The Balaban J connectivity index is 2.03. The molecule has 2 aromatic carbocycles. The van der Waals surface area contributed by atoms with Gasteiger partial charge in [-0.2, -0.15) is 0 Å². The first-order valence-corrected chi connectivity index (χ1v) is 7.76. The molecule has 0 bridgehead atoms. The number of carbonyl (C=O) groups excluding carboxylic acids is 1. The highest BCUT2D eigenvalue weighted by molar-refractivity contribution is 7.99. The monoisotopic (exact) mass is 301 g/mol. The van der Waals surface area contributed by atoms with Crippen molar-refractivity contribution >= 4 is 17.7 Å². The lowest BCUT2D eigenvalue weighted by Gasteiger charge is -2.18. The smallest absolute Gasteiger partial charge is 0.217 e. The van der Waals surface area contributed by atoms with Crippen molar-refractivity contribution in [1.82, 2.24) is 5.32 Å². The van der Waals surface area contributed by atoms with Crippen molar-refractivity contribution < 1.29 is 9.53 Å².